The van der Waals surface area contributed by atoms with Crippen LogP contribution in [0.25, 0.3) is 0 Å². The third-order valence-electron chi connectivity index (χ3n) is 8.01. The summed E-state index contributed by atoms with van der Waals surface area (Å²) in [5.74, 6) is -0.631. The fraction of sp³-hybridized carbons (Fsp3) is 0.314. The van der Waals surface area contributed by atoms with Gasteiger partial charge in [0.2, 0.25) is 0 Å². The molecular formula is C35H37FO6. The molecule has 1 aliphatic rings. The van der Waals surface area contributed by atoms with Crippen LogP contribution in [0.2, 0.25) is 0 Å². The Morgan fingerprint density at radius 1 is 0.643 bits per heavy atom. The van der Waals surface area contributed by atoms with Gasteiger partial charge in [0.15, 0.2) is 5.79 Å². The van der Waals surface area contributed by atoms with E-state index < -0.39 is 35.0 Å². The molecule has 7 heteroatoms. The fourth-order valence-corrected chi connectivity index (χ4v) is 5.77. The summed E-state index contributed by atoms with van der Waals surface area (Å²) < 4.78 is 39.6. The van der Waals surface area contributed by atoms with Crippen LogP contribution in [0.4, 0.5) is 4.39 Å². The zero-order chi connectivity index (χ0) is 30.3. The standard InChI is InChI=1S/C35H37FO6/c1-22-7-10-26(11-8-22)35(38,29-20-9-23(2)21-30(29)36)32-31(41-33(3,4)42-32)34(37,24-12-16-27(39-5)17-13-24)25-14-18-28(40-6)19-15-25/h7-21,31-32,37-38H,1-6H3/t31-,32-,35?/m1/s1. The summed E-state index contributed by atoms with van der Waals surface area (Å²) in [5.41, 5.74) is -0.886. The molecule has 6 nitrogen and oxygen atoms in total. The SMILES string of the molecule is COc1ccc(C(O)(c2ccc(OC)cc2)[C@@H]2OC(C)(C)O[C@H]2C(O)(c2ccc(C)cc2)c2ccc(C)cc2F)cc1. The Bertz CT molecular complexity index is 1480. The third-order valence-corrected chi connectivity index (χ3v) is 8.01. The van der Waals surface area contributed by atoms with Crippen LogP contribution in [-0.4, -0.2) is 42.4 Å². The van der Waals surface area contributed by atoms with E-state index in [1.54, 1.807) is 108 Å². The van der Waals surface area contributed by atoms with Crippen molar-refractivity contribution in [3.05, 3.63) is 130 Å². The van der Waals surface area contributed by atoms with E-state index in [2.05, 4.69) is 0 Å². The van der Waals surface area contributed by atoms with Crippen molar-refractivity contribution < 1.29 is 33.6 Å². The van der Waals surface area contributed by atoms with E-state index in [0.29, 0.717) is 33.8 Å². The molecule has 2 N–H and O–H groups in total. The number of rotatable bonds is 8. The topological polar surface area (TPSA) is 77.4 Å². The monoisotopic (exact) mass is 572 g/mol. The third kappa shape index (κ3) is 5.18. The van der Waals surface area contributed by atoms with Gasteiger partial charge < -0.3 is 29.2 Å². The minimum Gasteiger partial charge on any atom is -0.497 e. The van der Waals surface area contributed by atoms with Gasteiger partial charge in [-0.1, -0.05) is 66.2 Å². The molecule has 5 rings (SSSR count). The molecule has 0 amide bonds. The van der Waals surface area contributed by atoms with E-state index >= 15 is 4.39 Å². The van der Waals surface area contributed by atoms with Gasteiger partial charge in [-0.3, -0.25) is 0 Å². The van der Waals surface area contributed by atoms with Gasteiger partial charge in [-0.25, -0.2) is 4.39 Å². The Hall–Kier alpha value is -3.75. The summed E-state index contributed by atoms with van der Waals surface area (Å²) in [4.78, 5) is 0. The number of aryl methyl sites for hydroxylation is 2. The van der Waals surface area contributed by atoms with Crippen LogP contribution < -0.4 is 9.47 Å². The molecule has 42 heavy (non-hydrogen) atoms. The molecule has 0 radical (unpaired) electrons. The maximum Gasteiger partial charge on any atom is 0.164 e. The predicted octanol–water partition coefficient (Wildman–Crippen LogP) is 6.15. The van der Waals surface area contributed by atoms with Gasteiger partial charge in [-0.2, -0.15) is 0 Å². The Morgan fingerprint density at radius 3 is 1.50 bits per heavy atom. The van der Waals surface area contributed by atoms with Crippen LogP contribution in [0, 0.1) is 19.7 Å². The van der Waals surface area contributed by atoms with Gasteiger partial charge in [0.1, 0.15) is 40.7 Å². The van der Waals surface area contributed by atoms with Gasteiger partial charge in [0.05, 0.1) is 14.2 Å². The molecule has 4 aromatic carbocycles. The molecule has 1 heterocycles. The Kier molecular flexibility index (Phi) is 7.89. The number of ether oxygens (including phenoxy) is 4. The summed E-state index contributed by atoms with van der Waals surface area (Å²) in [6, 6.07) is 25.8. The lowest BCUT2D eigenvalue weighted by atomic mass is 9.71. The number of benzene rings is 4. The van der Waals surface area contributed by atoms with Gasteiger partial charge in [-0.15, -0.1) is 0 Å². The normalized spacial score (nSPS) is 19.7. The lowest BCUT2D eigenvalue weighted by Gasteiger charge is -2.42. The first kappa shape index (κ1) is 29.7. The van der Waals surface area contributed by atoms with Crippen molar-refractivity contribution in [2.45, 2.75) is 56.9 Å². The first-order valence-electron chi connectivity index (χ1n) is 13.9. The molecule has 1 aliphatic heterocycles. The minimum absolute atomic E-state index is 0.0139. The number of methoxy groups -OCH3 is 2. The van der Waals surface area contributed by atoms with E-state index in [4.69, 9.17) is 18.9 Å². The van der Waals surface area contributed by atoms with Crippen LogP contribution in [0.1, 0.15) is 47.2 Å². The highest BCUT2D eigenvalue weighted by atomic mass is 19.1. The van der Waals surface area contributed by atoms with Gasteiger partial charge in [-0.05, 0) is 80.3 Å². The second-order valence-electron chi connectivity index (χ2n) is 11.3. The van der Waals surface area contributed by atoms with Crippen LogP contribution in [0.5, 0.6) is 11.5 Å². The average Bonchev–Trinajstić information content (AvgIpc) is 3.33. The second kappa shape index (κ2) is 11.2. The van der Waals surface area contributed by atoms with Crippen molar-refractivity contribution in [2.24, 2.45) is 0 Å². The first-order valence-corrected chi connectivity index (χ1v) is 13.9. The molecule has 0 saturated carbocycles. The van der Waals surface area contributed by atoms with E-state index in [1.807, 2.05) is 19.1 Å². The Labute approximate surface area is 246 Å². The minimum atomic E-state index is -2.06. The van der Waals surface area contributed by atoms with Crippen molar-refractivity contribution in [2.75, 3.05) is 14.2 Å². The van der Waals surface area contributed by atoms with E-state index in [1.165, 1.54) is 6.07 Å². The molecule has 0 aliphatic carbocycles. The quantitative estimate of drug-likeness (QED) is 0.264. The summed E-state index contributed by atoms with van der Waals surface area (Å²) in [6.45, 7) is 7.14. The lowest BCUT2D eigenvalue weighted by molar-refractivity contribution is -0.172. The van der Waals surface area contributed by atoms with Crippen LogP contribution in [0.3, 0.4) is 0 Å². The molecule has 1 unspecified atom stereocenters. The van der Waals surface area contributed by atoms with Crippen LogP contribution >= 0.6 is 0 Å². The largest absolute Gasteiger partial charge is 0.497 e. The van der Waals surface area contributed by atoms with Crippen molar-refractivity contribution in [3.63, 3.8) is 0 Å². The van der Waals surface area contributed by atoms with E-state index in [9.17, 15) is 10.2 Å². The number of aliphatic hydroxyl groups is 2. The van der Waals surface area contributed by atoms with Crippen molar-refractivity contribution in [3.8, 4) is 11.5 Å². The van der Waals surface area contributed by atoms with Crippen molar-refractivity contribution >= 4 is 0 Å². The lowest BCUT2D eigenvalue weighted by Crippen LogP contribution is -2.55. The van der Waals surface area contributed by atoms with Gasteiger partial charge in [0.25, 0.3) is 0 Å². The highest BCUT2D eigenvalue weighted by Gasteiger charge is 2.61. The molecule has 0 spiro atoms. The summed E-state index contributed by atoms with van der Waals surface area (Å²) >= 11 is 0. The predicted molar refractivity (Wildman–Crippen MR) is 158 cm³/mol. The fourth-order valence-electron chi connectivity index (χ4n) is 5.77. The zero-order valence-corrected chi connectivity index (χ0v) is 24.7. The maximum absolute atomic E-state index is 15.8. The average molecular weight is 573 g/mol. The molecule has 4 aromatic rings. The molecule has 0 aromatic heterocycles. The summed E-state index contributed by atoms with van der Waals surface area (Å²) in [6.07, 6.45) is -2.47. The zero-order valence-electron chi connectivity index (χ0n) is 24.7. The highest BCUT2D eigenvalue weighted by molar-refractivity contribution is 5.46. The van der Waals surface area contributed by atoms with Crippen LogP contribution in [-0.2, 0) is 20.7 Å². The first-order chi connectivity index (χ1) is 19.9. The molecule has 220 valence electrons. The Balaban J connectivity index is 1.78. The summed E-state index contributed by atoms with van der Waals surface area (Å²) in [7, 11) is 3.13. The van der Waals surface area contributed by atoms with Gasteiger partial charge in [0, 0.05) is 5.56 Å². The number of halogens is 1. The second-order valence-corrected chi connectivity index (χ2v) is 11.3. The van der Waals surface area contributed by atoms with Gasteiger partial charge >= 0.3 is 0 Å². The maximum atomic E-state index is 15.8. The van der Waals surface area contributed by atoms with Crippen molar-refractivity contribution in [1.29, 1.82) is 0 Å². The number of hydrogen-bond acceptors (Lipinski definition) is 6. The molecule has 1 fully saturated rings. The molecule has 1 saturated heterocycles. The van der Waals surface area contributed by atoms with E-state index in [0.717, 1.165) is 5.56 Å². The molecule has 3 atom stereocenters. The van der Waals surface area contributed by atoms with Crippen molar-refractivity contribution in [1.82, 2.24) is 0 Å². The molecular weight excluding hydrogens is 535 g/mol. The Morgan fingerprint density at radius 2 is 1.05 bits per heavy atom. The highest BCUT2D eigenvalue weighted by Crippen LogP contribution is 2.51. The van der Waals surface area contributed by atoms with E-state index in [-0.39, 0.29) is 5.56 Å². The van der Waals surface area contributed by atoms with Crippen LogP contribution in [0.15, 0.2) is 91.0 Å². The number of hydrogen-bond donors (Lipinski definition) is 2. The molecule has 0 bridgehead atoms. The smallest absolute Gasteiger partial charge is 0.164 e. The summed E-state index contributed by atoms with van der Waals surface area (Å²) in [5, 5.41) is 25.8.